The van der Waals surface area contributed by atoms with E-state index >= 15 is 0 Å². The van der Waals surface area contributed by atoms with Crippen LogP contribution in [0, 0.1) is 12.3 Å². The third-order valence-electron chi connectivity index (χ3n) is 6.03. The van der Waals surface area contributed by atoms with Crippen LogP contribution in [0.3, 0.4) is 0 Å². The number of furan rings is 1. The fraction of sp³-hybridized carbons (Fsp3) is 0.522. The van der Waals surface area contributed by atoms with Crippen LogP contribution in [-0.4, -0.2) is 44.2 Å². The van der Waals surface area contributed by atoms with Crippen LogP contribution in [0.4, 0.5) is 10.5 Å². The second-order valence-electron chi connectivity index (χ2n) is 8.93. The van der Waals surface area contributed by atoms with E-state index < -0.39 is 0 Å². The molecule has 6 nitrogen and oxygen atoms in total. The third kappa shape index (κ3) is 4.07. The van der Waals surface area contributed by atoms with Crippen molar-refractivity contribution in [3.63, 3.8) is 0 Å². The van der Waals surface area contributed by atoms with Crippen molar-refractivity contribution in [3.05, 3.63) is 47.4 Å². The topological polar surface area (TPSA) is 58.0 Å². The summed E-state index contributed by atoms with van der Waals surface area (Å²) in [4.78, 5) is 17.2. The number of carbonyl (C=O) groups excluding carboxylic acids is 1. The van der Waals surface area contributed by atoms with E-state index in [-0.39, 0.29) is 17.5 Å². The van der Waals surface area contributed by atoms with E-state index in [9.17, 15) is 4.79 Å². The number of aryl methyl sites for hydroxylation is 1. The Morgan fingerprint density at radius 2 is 1.93 bits per heavy atom. The lowest BCUT2D eigenvalue weighted by molar-refractivity contribution is 0.178. The lowest BCUT2D eigenvalue weighted by Crippen LogP contribution is -2.53. The SMILES string of the molecule is COc1ccccc1N1CCN(C(=O)NC2CC(C)(C)Cc3oc(C)cc32)CC1. The van der Waals surface area contributed by atoms with Crippen molar-refractivity contribution in [2.24, 2.45) is 5.41 Å². The Kier molecular flexibility index (Phi) is 5.19. The normalized spacial score (nSPS) is 20.9. The molecule has 1 saturated heterocycles. The van der Waals surface area contributed by atoms with Crippen LogP contribution in [0.5, 0.6) is 5.75 Å². The molecule has 1 N–H and O–H groups in total. The van der Waals surface area contributed by atoms with Crippen molar-refractivity contribution >= 4 is 11.7 Å². The zero-order valence-electron chi connectivity index (χ0n) is 17.8. The summed E-state index contributed by atoms with van der Waals surface area (Å²) < 4.78 is 11.4. The van der Waals surface area contributed by atoms with Crippen molar-refractivity contribution in [2.45, 2.75) is 39.7 Å². The maximum absolute atomic E-state index is 13.0. The molecular formula is C23H31N3O3. The van der Waals surface area contributed by atoms with Gasteiger partial charge in [-0.1, -0.05) is 26.0 Å². The van der Waals surface area contributed by atoms with Crippen molar-refractivity contribution in [2.75, 3.05) is 38.2 Å². The van der Waals surface area contributed by atoms with E-state index in [0.717, 1.165) is 54.5 Å². The summed E-state index contributed by atoms with van der Waals surface area (Å²) in [5.41, 5.74) is 2.34. The number of ether oxygens (including phenoxy) is 1. The van der Waals surface area contributed by atoms with Crippen LogP contribution in [0.15, 0.2) is 34.7 Å². The summed E-state index contributed by atoms with van der Waals surface area (Å²) >= 11 is 0. The minimum absolute atomic E-state index is 0.00551. The highest BCUT2D eigenvalue weighted by Gasteiger charge is 2.36. The first kappa shape index (κ1) is 19.7. The number of hydrogen-bond donors (Lipinski definition) is 1. The predicted octanol–water partition coefficient (Wildman–Crippen LogP) is 4.14. The maximum Gasteiger partial charge on any atom is 0.318 e. The van der Waals surface area contributed by atoms with Crippen molar-refractivity contribution in [3.8, 4) is 5.75 Å². The molecule has 2 aliphatic rings. The zero-order valence-corrected chi connectivity index (χ0v) is 17.8. The van der Waals surface area contributed by atoms with Gasteiger partial charge in [0.15, 0.2) is 0 Å². The number of benzene rings is 1. The molecule has 0 bridgehead atoms. The second-order valence-corrected chi connectivity index (χ2v) is 8.93. The predicted molar refractivity (Wildman–Crippen MR) is 114 cm³/mol. The molecule has 4 rings (SSSR count). The summed E-state index contributed by atoms with van der Waals surface area (Å²) in [6.07, 6.45) is 1.84. The number of urea groups is 1. The second kappa shape index (κ2) is 7.65. The number of nitrogens with zero attached hydrogens (tertiary/aromatic N) is 2. The fourth-order valence-electron chi connectivity index (χ4n) is 4.60. The Labute approximate surface area is 172 Å². The van der Waals surface area contributed by atoms with Gasteiger partial charge in [-0.05, 0) is 37.0 Å². The van der Waals surface area contributed by atoms with Crippen molar-refractivity contribution in [1.29, 1.82) is 0 Å². The van der Waals surface area contributed by atoms with Crippen LogP contribution in [0.2, 0.25) is 0 Å². The number of anilines is 1. The van der Waals surface area contributed by atoms with E-state index in [2.05, 4.69) is 36.2 Å². The lowest BCUT2D eigenvalue weighted by atomic mass is 9.75. The molecule has 2 heterocycles. The van der Waals surface area contributed by atoms with Crippen LogP contribution in [-0.2, 0) is 6.42 Å². The Bertz CT molecular complexity index is 881. The first-order valence-corrected chi connectivity index (χ1v) is 10.4. The van der Waals surface area contributed by atoms with Gasteiger partial charge >= 0.3 is 6.03 Å². The lowest BCUT2D eigenvalue weighted by Gasteiger charge is -2.39. The molecule has 156 valence electrons. The molecule has 2 amide bonds. The quantitative estimate of drug-likeness (QED) is 0.846. The first-order valence-electron chi connectivity index (χ1n) is 10.4. The minimum atomic E-state index is 0.00551. The van der Waals surface area contributed by atoms with Crippen LogP contribution >= 0.6 is 0 Å². The van der Waals surface area contributed by atoms with E-state index in [1.54, 1.807) is 7.11 Å². The number of fused-ring (bicyclic) bond motifs is 1. The number of hydrogen-bond acceptors (Lipinski definition) is 4. The van der Waals surface area contributed by atoms with E-state index in [1.807, 2.05) is 30.0 Å². The van der Waals surface area contributed by atoms with Gasteiger partial charge in [-0.3, -0.25) is 0 Å². The number of rotatable bonds is 3. The van der Waals surface area contributed by atoms with Gasteiger partial charge in [-0.25, -0.2) is 4.79 Å². The molecule has 1 unspecified atom stereocenters. The van der Waals surface area contributed by atoms with Crippen molar-refractivity contribution in [1.82, 2.24) is 10.2 Å². The van der Waals surface area contributed by atoms with Crippen LogP contribution < -0.4 is 15.0 Å². The molecule has 1 aliphatic carbocycles. The largest absolute Gasteiger partial charge is 0.495 e. The highest BCUT2D eigenvalue weighted by atomic mass is 16.5. The number of methoxy groups -OCH3 is 1. The average molecular weight is 398 g/mol. The molecule has 0 radical (unpaired) electrons. The standard InChI is InChI=1S/C23H31N3O3/c1-16-13-17-18(14-23(2,3)15-21(17)29-16)24-22(27)26-11-9-25(10-12-26)19-7-5-6-8-20(19)28-4/h5-8,13,18H,9-12,14-15H2,1-4H3,(H,24,27). The monoisotopic (exact) mass is 397 g/mol. The number of para-hydroxylation sites is 2. The Morgan fingerprint density at radius 3 is 2.66 bits per heavy atom. The molecule has 0 spiro atoms. The minimum Gasteiger partial charge on any atom is -0.495 e. The number of amides is 2. The van der Waals surface area contributed by atoms with Crippen LogP contribution in [0.25, 0.3) is 0 Å². The van der Waals surface area contributed by atoms with E-state index in [0.29, 0.717) is 13.1 Å². The van der Waals surface area contributed by atoms with Gasteiger partial charge in [0.2, 0.25) is 0 Å². The van der Waals surface area contributed by atoms with Gasteiger partial charge in [0, 0.05) is 38.2 Å². The summed E-state index contributed by atoms with van der Waals surface area (Å²) in [5, 5.41) is 3.27. The first-order chi connectivity index (χ1) is 13.9. The van der Waals surface area contributed by atoms with Gasteiger partial charge < -0.3 is 24.3 Å². The smallest absolute Gasteiger partial charge is 0.318 e. The Morgan fingerprint density at radius 1 is 1.21 bits per heavy atom. The summed E-state index contributed by atoms with van der Waals surface area (Å²) in [7, 11) is 1.69. The molecule has 6 heteroatoms. The third-order valence-corrected chi connectivity index (χ3v) is 6.03. The molecule has 1 aromatic carbocycles. The number of piperazine rings is 1. The molecule has 2 aromatic rings. The van der Waals surface area contributed by atoms with Gasteiger partial charge in [0.25, 0.3) is 0 Å². The summed E-state index contributed by atoms with van der Waals surface area (Å²) in [6, 6.07) is 10.1. The summed E-state index contributed by atoms with van der Waals surface area (Å²) in [6.45, 7) is 9.41. The Hall–Kier alpha value is -2.63. The van der Waals surface area contributed by atoms with E-state index in [4.69, 9.17) is 9.15 Å². The molecule has 0 saturated carbocycles. The molecule has 29 heavy (non-hydrogen) atoms. The molecule has 1 fully saturated rings. The van der Waals surface area contributed by atoms with Crippen LogP contribution in [0.1, 0.15) is 43.4 Å². The number of carbonyl (C=O) groups is 1. The molecule has 1 aliphatic heterocycles. The van der Waals surface area contributed by atoms with Gasteiger partial charge in [-0.15, -0.1) is 0 Å². The highest BCUT2D eigenvalue weighted by molar-refractivity contribution is 5.75. The molecule has 1 atom stereocenters. The van der Waals surface area contributed by atoms with Gasteiger partial charge in [-0.2, -0.15) is 0 Å². The average Bonchev–Trinajstić information content (AvgIpc) is 3.07. The maximum atomic E-state index is 13.0. The highest BCUT2D eigenvalue weighted by Crippen LogP contribution is 2.42. The van der Waals surface area contributed by atoms with Gasteiger partial charge in [0.05, 0.1) is 18.8 Å². The molecular weight excluding hydrogens is 366 g/mol. The van der Waals surface area contributed by atoms with Crippen molar-refractivity contribution < 1.29 is 13.9 Å². The van der Waals surface area contributed by atoms with Gasteiger partial charge in [0.1, 0.15) is 17.3 Å². The summed E-state index contributed by atoms with van der Waals surface area (Å²) in [5.74, 6) is 2.81. The fourth-order valence-corrected chi connectivity index (χ4v) is 4.60. The number of nitrogens with one attached hydrogen (secondary N) is 1. The Balaban J connectivity index is 1.40. The molecule has 1 aromatic heterocycles. The zero-order chi connectivity index (χ0) is 20.6. The van der Waals surface area contributed by atoms with E-state index in [1.165, 1.54) is 0 Å².